The molecule has 1 aliphatic heterocycles. The molecule has 1 N–H and O–H groups in total. The van der Waals surface area contributed by atoms with Crippen LogP contribution in [0.1, 0.15) is 21.5 Å². The van der Waals surface area contributed by atoms with Gasteiger partial charge in [0.25, 0.3) is 11.8 Å². The van der Waals surface area contributed by atoms with Crippen LogP contribution in [0.5, 0.6) is 0 Å². The molecule has 3 rings (SSSR count). The van der Waals surface area contributed by atoms with E-state index in [1.807, 2.05) is 6.07 Å². The number of hydrogen-bond acceptors (Lipinski definition) is 4. The largest absolute Gasteiger partial charge is 0.285 e. The molecule has 0 radical (unpaired) electrons. The number of aryl methyl sites for hydroxylation is 1. The summed E-state index contributed by atoms with van der Waals surface area (Å²) in [6, 6.07) is 11.2. The lowest BCUT2D eigenvalue weighted by Gasteiger charge is -2.16. The number of benzene rings is 2. The van der Waals surface area contributed by atoms with Gasteiger partial charge in [-0.25, -0.2) is 4.39 Å². The van der Waals surface area contributed by atoms with Crippen LogP contribution in [0.15, 0.2) is 47.4 Å². The zero-order valence-electron chi connectivity index (χ0n) is 13.5. The lowest BCUT2D eigenvalue weighted by molar-refractivity contribution is -0.123. The number of amides is 2. The van der Waals surface area contributed by atoms with Gasteiger partial charge < -0.3 is 0 Å². The quantitative estimate of drug-likeness (QED) is 0.608. The van der Waals surface area contributed by atoms with Crippen LogP contribution in [-0.4, -0.2) is 21.1 Å². The molecule has 1 fully saturated rings. The van der Waals surface area contributed by atoms with Gasteiger partial charge in [-0.3, -0.25) is 15.0 Å². The first kappa shape index (κ1) is 18.6. The number of nitrogens with zero attached hydrogens (tertiary/aromatic N) is 1. The van der Waals surface area contributed by atoms with E-state index in [2.05, 4.69) is 5.43 Å². The number of rotatable bonds is 3. The lowest BCUT2D eigenvalue weighted by Crippen LogP contribution is -2.45. The van der Waals surface area contributed by atoms with E-state index in [4.69, 9.17) is 23.8 Å². The molecule has 0 spiro atoms. The van der Waals surface area contributed by atoms with E-state index in [-0.39, 0.29) is 19.8 Å². The number of thioether (sulfide) groups is 1. The van der Waals surface area contributed by atoms with Crippen molar-refractivity contribution < 1.29 is 14.0 Å². The third-order valence-corrected chi connectivity index (χ3v) is 5.30. The molecule has 26 heavy (non-hydrogen) atoms. The molecule has 2 aromatic carbocycles. The van der Waals surface area contributed by atoms with E-state index in [0.717, 1.165) is 22.3 Å². The summed E-state index contributed by atoms with van der Waals surface area (Å²) in [4.78, 5) is 25.1. The maximum absolute atomic E-state index is 13.9. The summed E-state index contributed by atoms with van der Waals surface area (Å²) < 4.78 is 14.1. The summed E-state index contributed by atoms with van der Waals surface area (Å²) in [5.74, 6) is -1.54. The Kier molecular flexibility index (Phi) is 5.41. The third kappa shape index (κ3) is 3.65. The minimum Gasteiger partial charge on any atom is -0.267 e. The van der Waals surface area contributed by atoms with Crippen LogP contribution in [0, 0.1) is 12.7 Å². The van der Waals surface area contributed by atoms with E-state index >= 15 is 0 Å². The fourth-order valence-corrected chi connectivity index (χ4v) is 3.71. The zero-order chi connectivity index (χ0) is 18.8. The predicted molar refractivity (Wildman–Crippen MR) is 105 cm³/mol. The average Bonchev–Trinajstić information content (AvgIpc) is 2.86. The molecular formula is C18H12ClFN2O2S2. The summed E-state index contributed by atoms with van der Waals surface area (Å²) in [7, 11) is 0. The van der Waals surface area contributed by atoms with Crippen molar-refractivity contribution in [3.8, 4) is 0 Å². The van der Waals surface area contributed by atoms with E-state index in [1.165, 1.54) is 24.3 Å². The number of carbonyl (C=O) groups excluding carboxylic acids is 2. The van der Waals surface area contributed by atoms with E-state index in [1.54, 1.807) is 25.1 Å². The number of hydrogen-bond donors (Lipinski definition) is 1. The van der Waals surface area contributed by atoms with Crippen molar-refractivity contribution in [1.82, 2.24) is 10.4 Å². The first-order valence-electron chi connectivity index (χ1n) is 7.47. The van der Waals surface area contributed by atoms with Crippen LogP contribution >= 0.6 is 35.6 Å². The number of thiocarbonyl (C=S) groups is 1. The summed E-state index contributed by atoms with van der Waals surface area (Å²) in [6.45, 7) is 1.79. The molecule has 0 aliphatic carbocycles. The topological polar surface area (TPSA) is 49.4 Å². The minimum absolute atomic E-state index is 0.0971. The maximum atomic E-state index is 13.9. The Morgan fingerprint density at radius 2 is 2.00 bits per heavy atom. The highest BCUT2D eigenvalue weighted by atomic mass is 35.5. The highest BCUT2D eigenvalue weighted by Gasteiger charge is 2.34. The summed E-state index contributed by atoms with van der Waals surface area (Å²) in [6.07, 6.45) is 1.33. The van der Waals surface area contributed by atoms with Gasteiger partial charge in [-0.1, -0.05) is 47.6 Å². The number of carbonyl (C=O) groups is 2. The highest BCUT2D eigenvalue weighted by molar-refractivity contribution is 8.26. The molecule has 4 nitrogen and oxygen atoms in total. The standard InChI is InChI=1S/C18H12ClFN2O2S2/c1-10-5-2-3-6-11(10)16(23)21-22-17(24)15(26-18(22)25)9-12-13(19)7-4-8-14(12)20/h2-9H,1H3,(H,21,23). The lowest BCUT2D eigenvalue weighted by atomic mass is 10.1. The molecule has 2 amide bonds. The van der Waals surface area contributed by atoms with Gasteiger partial charge in [-0.15, -0.1) is 0 Å². The summed E-state index contributed by atoms with van der Waals surface area (Å²) in [5.41, 5.74) is 3.79. The molecule has 1 aliphatic rings. The van der Waals surface area contributed by atoms with E-state index < -0.39 is 17.6 Å². The fourth-order valence-electron chi connectivity index (χ4n) is 2.33. The van der Waals surface area contributed by atoms with Crippen LogP contribution < -0.4 is 5.43 Å². The fraction of sp³-hybridized carbons (Fsp3) is 0.0556. The van der Waals surface area contributed by atoms with Gasteiger partial charge in [-0.2, -0.15) is 5.01 Å². The van der Waals surface area contributed by atoms with E-state index in [0.29, 0.717) is 5.56 Å². The van der Waals surface area contributed by atoms with Crippen LogP contribution in [0.4, 0.5) is 4.39 Å². The molecule has 0 bridgehead atoms. The predicted octanol–water partition coefficient (Wildman–Crippen LogP) is 4.33. The Labute approximate surface area is 164 Å². The van der Waals surface area contributed by atoms with Crippen molar-refractivity contribution in [3.05, 3.63) is 74.9 Å². The second-order valence-electron chi connectivity index (χ2n) is 5.41. The molecule has 0 saturated carbocycles. The van der Waals surface area contributed by atoms with Gasteiger partial charge >= 0.3 is 0 Å². The van der Waals surface area contributed by atoms with Crippen LogP contribution in [0.2, 0.25) is 5.02 Å². The zero-order valence-corrected chi connectivity index (χ0v) is 15.8. The van der Waals surface area contributed by atoms with E-state index in [9.17, 15) is 14.0 Å². The summed E-state index contributed by atoms with van der Waals surface area (Å²) in [5, 5.41) is 1.16. The molecule has 0 atom stereocenters. The monoisotopic (exact) mass is 406 g/mol. The smallest absolute Gasteiger partial charge is 0.267 e. The van der Waals surface area contributed by atoms with Crippen molar-refractivity contribution in [2.24, 2.45) is 0 Å². The van der Waals surface area contributed by atoms with Crippen molar-refractivity contribution >= 4 is 57.8 Å². The number of nitrogens with one attached hydrogen (secondary N) is 1. The molecule has 2 aromatic rings. The van der Waals surface area contributed by atoms with Crippen LogP contribution in [-0.2, 0) is 4.79 Å². The Bertz CT molecular complexity index is 942. The van der Waals surface area contributed by atoms with Gasteiger partial charge in [0.05, 0.1) is 9.93 Å². The van der Waals surface area contributed by atoms with Crippen LogP contribution in [0.25, 0.3) is 6.08 Å². The van der Waals surface area contributed by atoms with Gasteiger partial charge in [-0.05, 0) is 49.0 Å². The normalized spacial score (nSPS) is 15.7. The minimum atomic E-state index is -0.549. The summed E-state index contributed by atoms with van der Waals surface area (Å²) >= 11 is 12.1. The average molecular weight is 407 g/mol. The highest BCUT2D eigenvalue weighted by Crippen LogP contribution is 2.33. The first-order chi connectivity index (χ1) is 12.4. The van der Waals surface area contributed by atoms with Crippen LogP contribution in [0.3, 0.4) is 0 Å². The van der Waals surface area contributed by atoms with Crippen molar-refractivity contribution in [2.45, 2.75) is 6.92 Å². The van der Waals surface area contributed by atoms with Crippen molar-refractivity contribution in [1.29, 1.82) is 0 Å². The van der Waals surface area contributed by atoms with Gasteiger partial charge in [0.2, 0.25) is 0 Å². The second kappa shape index (κ2) is 7.57. The van der Waals surface area contributed by atoms with Gasteiger partial charge in [0.1, 0.15) is 5.82 Å². The van der Waals surface area contributed by atoms with Crippen molar-refractivity contribution in [2.75, 3.05) is 0 Å². The molecule has 132 valence electrons. The Morgan fingerprint density at radius 1 is 1.27 bits per heavy atom. The van der Waals surface area contributed by atoms with Gasteiger partial charge in [0, 0.05) is 11.1 Å². The molecule has 1 heterocycles. The molecule has 1 saturated heterocycles. The Balaban J connectivity index is 1.85. The van der Waals surface area contributed by atoms with Crippen molar-refractivity contribution in [3.63, 3.8) is 0 Å². The number of hydrazine groups is 1. The molecular weight excluding hydrogens is 395 g/mol. The Morgan fingerprint density at radius 3 is 2.69 bits per heavy atom. The third-order valence-electron chi connectivity index (χ3n) is 3.67. The molecule has 8 heteroatoms. The Hall–Kier alpha value is -2.22. The maximum Gasteiger partial charge on any atom is 0.285 e. The first-order valence-corrected chi connectivity index (χ1v) is 9.07. The number of halogens is 2. The second-order valence-corrected chi connectivity index (χ2v) is 7.49. The molecule has 0 unspecified atom stereocenters. The molecule has 0 aromatic heterocycles. The van der Waals surface area contributed by atoms with Gasteiger partial charge in [0.15, 0.2) is 4.32 Å². The SMILES string of the molecule is Cc1ccccc1C(=O)NN1C(=O)C(=Cc2c(F)cccc2Cl)SC1=S.